The van der Waals surface area contributed by atoms with Crippen molar-refractivity contribution in [1.29, 1.82) is 0 Å². The quantitative estimate of drug-likeness (QED) is 0.538. The third kappa shape index (κ3) is 7.56. The Hall–Kier alpha value is -2.94. The number of aryl methyl sites for hydroxylation is 1. The summed E-state index contributed by atoms with van der Waals surface area (Å²) < 4.78 is 39.2. The molecule has 33 heavy (non-hydrogen) atoms. The van der Waals surface area contributed by atoms with Crippen LogP contribution >= 0.6 is 0 Å². The molecule has 2 aromatic rings. The van der Waals surface area contributed by atoms with E-state index in [-0.39, 0.29) is 18.1 Å². The summed E-state index contributed by atoms with van der Waals surface area (Å²) in [7, 11) is -3.84. The van der Waals surface area contributed by atoms with Crippen molar-refractivity contribution in [1.82, 2.24) is 10.2 Å². The van der Waals surface area contributed by atoms with E-state index in [0.29, 0.717) is 13.0 Å². The van der Waals surface area contributed by atoms with Gasteiger partial charge in [-0.25, -0.2) is 12.8 Å². The summed E-state index contributed by atoms with van der Waals surface area (Å²) >= 11 is 0. The van der Waals surface area contributed by atoms with E-state index in [0.717, 1.165) is 40.2 Å². The summed E-state index contributed by atoms with van der Waals surface area (Å²) in [6.45, 7) is 5.81. The number of benzene rings is 2. The van der Waals surface area contributed by atoms with E-state index >= 15 is 0 Å². The van der Waals surface area contributed by atoms with E-state index in [1.165, 1.54) is 17.0 Å². The normalized spacial score (nSPS) is 12.2. The second-order valence-corrected chi connectivity index (χ2v) is 9.88. The molecular formula is C24H32FN3O4S. The first-order chi connectivity index (χ1) is 15.6. The minimum atomic E-state index is -3.84. The molecule has 7 nitrogen and oxygen atoms in total. The van der Waals surface area contributed by atoms with Crippen LogP contribution in [0.3, 0.4) is 0 Å². The molecule has 0 radical (unpaired) electrons. The average molecular weight is 478 g/mol. The summed E-state index contributed by atoms with van der Waals surface area (Å²) in [6, 6.07) is 11.7. The molecule has 0 bridgehead atoms. The van der Waals surface area contributed by atoms with Crippen molar-refractivity contribution in [3.63, 3.8) is 0 Å². The molecule has 0 saturated carbocycles. The van der Waals surface area contributed by atoms with Gasteiger partial charge < -0.3 is 10.2 Å². The Balaban J connectivity index is 2.39. The lowest BCUT2D eigenvalue weighted by Crippen LogP contribution is -2.52. The van der Waals surface area contributed by atoms with Crippen molar-refractivity contribution < 1.29 is 22.4 Å². The van der Waals surface area contributed by atoms with Crippen molar-refractivity contribution in [3.05, 3.63) is 65.5 Å². The molecule has 0 aromatic heterocycles. The van der Waals surface area contributed by atoms with Gasteiger partial charge in [0.1, 0.15) is 18.4 Å². The number of nitrogens with one attached hydrogen (secondary N) is 1. The zero-order valence-corrected chi connectivity index (χ0v) is 20.4. The van der Waals surface area contributed by atoms with Crippen LogP contribution in [0.4, 0.5) is 10.1 Å². The predicted molar refractivity (Wildman–Crippen MR) is 128 cm³/mol. The molecule has 0 saturated heterocycles. The molecule has 9 heteroatoms. The van der Waals surface area contributed by atoms with Crippen LogP contribution in [0.2, 0.25) is 0 Å². The number of rotatable bonds is 11. The number of amides is 2. The summed E-state index contributed by atoms with van der Waals surface area (Å²) in [6.07, 6.45) is 2.10. The Morgan fingerprint density at radius 2 is 1.64 bits per heavy atom. The molecule has 1 atom stereocenters. The largest absolute Gasteiger partial charge is 0.354 e. The van der Waals surface area contributed by atoms with Gasteiger partial charge in [-0.05, 0) is 49.6 Å². The van der Waals surface area contributed by atoms with E-state index in [1.54, 1.807) is 6.92 Å². The molecule has 0 aliphatic carbocycles. The van der Waals surface area contributed by atoms with Gasteiger partial charge in [0.15, 0.2) is 0 Å². The maximum Gasteiger partial charge on any atom is 0.244 e. The van der Waals surface area contributed by atoms with E-state index in [2.05, 4.69) is 5.32 Å². The smallest absolute Gasteiger partial charge is 0.244 e. The number of carbonyl (C=O) groups is 2. The fourth-order valence-corrected chi connectivity index (χ4v) is 4.25. The minimum absolute atomic E-state index is 0.151. The molecule has 2 amide bonds. The molecule has 0 fully saturated rings. The van der Waals surface area contributed by atoms with Crippen LogP contribution in [0.15, 0.2) is 48.5 Å². The van der Waals surface area contributed by atoms with Gasteiger partial charge in [0.25, 0.3) is 0 Å². The van der Waals surface area contributed by atoms with E-state index in [1.807, 2.05) is 38.1 Å². The highest BCUT2D eigenvalue weighted by Gasteiger charge is 2.31. The molecule has 2 aromatic carbocycles. The zero-order valence-electron chi connectivity index (χ0n) is 19.5. The van der Waals surface area contributed by atoms with Crippen LogP contribution < -0.4 is 9.62 Å². The van der Waals surface area contributed by atoms with Crippen LogP contribution in [0, 0.1) is 12.7 Å². The lowest BCUT2D eigenvalue weighted by Gasteiger charge is -2.33. The van der Waals surface area contributed by atoms with E-state index in [9.17, 15) is 22.4 Å². The van der Waals surface area contributed by atoms with Crippen molar-refractivity contribution in [2.75, 3.05) is 23.7 Å². The van der Waals surface area contributed by atoms with Crippen molar-refractivity contribution in [3.8, 4) is 0 Å². The fourth-order valence-electron chi connectivity index (χ4n) is 3.40. The van der Waals surface area contributed by atoms with Crippen LogP contribution in [0.5, 0.6) is 0 Å². The van der Waals surface area contributed by atoms with Crippen LogP contribution in [-0.2, 0) is 26.2 Å². The second-order valence-electron chi connectivity index (χ2n) is 7.97. The number of anilines is 1. The van der Waals surface area contributed by atoms with Gasteiger partial charge in [0, 0.05) is 13.1 Å². The number of sulfonamides is 1. The molecular weight excluding hydrogens is 445 g/mol. The van der Waals surface area contributed by atoms with Crippen molar-refractivity contribution in [2.24, 2.45) is 0 Å². The maximum atomic E-state index is 13.5. The summed E-state index contributed by atoms with van der Waals surface area (Å²) in [4.78, 5) is 27.7. The summed E-state index contributed by atoms with van der Waals surface area (Å²) in [5.74, 6) is -1.32. The summed E-state index contributed by atoms with van der Waals surface area (Å²) in [5.41, 5.74) is 2.05. The van der Waals surface area contributed by atoms with Gasteiger partial charge in [-0.3, -0.25) is 13.9 Å². The lowest BCUT2D eigenvalue weighted by atomic mass is 10.1. The van der Waals surface area contributed by atoms with E-state index < -0.39 is 34.3 Å². The Morgan fingerprint density at radius 3 is 2.15 bits per heavy atom. The first-order valence-corrected chi connectivity index (χ1v) is 12.8. The Kier molecular flexibility index (Phi) is 9.40. The van der Waals surface area contributed by atoms with E-state index in [4.69, 9.17) is 0 Å². The van der Waals surface area contributed by atoms with Gasteiger partial charge in [0.05, 0.1) is 11.9 Å². The molecule has 0 aliphatic rings. The molecule has 0 heterocycles. The SMILES string of the molecule is CCCNC(=O)[C@@H](CC)N(Cc1ccc(C)cc1)C(=O)CN(c1ccc(F)cc1)S(C)(=O)=O. The fraction of sp³-hybridized carbons (Fsp3) is 0.417. The molecule has 0 aliphatic heterocycles. The van der Waals surface area contributed by atoms with Crippen molar-refractivity contribution >= 4 is 27.5 Å². The molecule has 0 spiro atoms. The topological polar surface area (TPSA) is 86.8 Å². The third-order valence-electron chi connectivity index (χ3n) is 5.20. The third-order valence-corrected chi connectivity index (χ3v) is 6.34. The molecule has 180 valence electrons. The highest BCUT2D eigenvalue weighted by atomic mass is 32.2. The number of nitrogens with zero attached hydrogens (tertiary/aromatic N) is 2. The van der Waals surface area contributed by atoms with Crippen LogP contribution in [0.1, 0.15) is 37.8 Å². The number of hydrogen-bond acceptors (Lipinski definition) is 4. The van der Waals surface area contributed by atoms with Gasteiger partial charge in [0.2, 0.25) is 21.8 Å². The molecule has 1 N–H and O–H groups in total. The monoisotopic (exact) mass is 477 g/mol. The minimum Gasteiger partial charge on any atom is -0.354 e. The van der Waals surface area contributed by atoms with Gasteiger partial charge in [-0.1, -0.05) is 43.7 Å². The predicted octanol–water partition coefficient (Wildman–Crippen LogP) is 3.23. The highest BCUT2D eigenvalue weighted by molar-refractivity contribution is 7.92. The van der Waals surface area contributed by atoms with Gasteiger partial charge >= 0.3 is 0 Å². The maximum absolute atomic E-state index is 13.5. The Labute approximate surface area is 195 Å². The number of carbonyl (C=O) groups excluding carboxylic acids is 2. The van der Waals surface area contributed by atoms with Gasteiger partial charge in [-0.15, -0.1) is 0 Å². The van der Waals surface area contributed by atoms with Crippen LogP contribution in [0.25, 0.3) is 0 Å². The van der Waals surface area contributed by atoms with Gasteiger partial charge in [-0.2, -0.15) is 0 Å². The van der Waals surface area contributed by atoms with Crippen LogP contribution in [-0.4, -0.2) is 50.5 Å². The first-order valence-electron chi connectivity index (χ1n) is 10.9. The Morgan fingerprint density at radius 1 is 1.03 bits per heavy atom. The average Bonchev–Trinajstić information content (AvgIpc) is 2.77. The zero-order chi connectivity index (χ0) is 24.6. The first kappa shape index (κ1) is 26.3. The van der Waals surface area contributed by atoms with Crippen molar-refractivity contribution in [2.45, 2.75) is 46.2 Å². The lowest BCUT2D eigenvalue weighted by molar-refractivity contribution is -0.140. The highest BCUT2D eigenvalue weighted by Crippen LogP contribution is 2.20. The second kappa shape index (κ2) is 11.8. The number of halogens is 1. The standard InChI is InChI=1S/C24H32FN3O4S/c1-5-15-26-24(30)22(6-2)27(16-19-9-7-18(3)8-10-19)23(29)17-28(33(4,31)32)21-13-11-20(25)12-14-21/h7-14,22H,5-6,15-17H2,1-4H3,(H,26,30)/t22-/m1/s1. The Bertz CT molecular complexity index is 1040. The number of hydrogen-bond donors (Lipinski definition) is 1. The molecule has 2 rings (SSSR count). The molecule has 0 unspecified atom stereocenters. The summed E-state index contributed by atoms with van der Waals surface area (Å²) in [5, 5.41) is 2.83.